The van der Waals surface area contributed by atoms with Gasteiger partial charge in [0.05, 0.1) is 12.6 Å². The fourth-order valence-corrected chi connectivity index (χ4v) is 5.39. The van der Waals surface area contributed by atoms with Crippen LogP contribution in [-0.4, -0.2) is 41.2 Å². The van der Waals surface area contributed by atoms with E-state index in [4.69, 9.17) is 23.2 Å². The van der Waals surface area contributed by atoms with Gasteiger partial charge in [0.2, 0.25) is 11.8 Å². The van der Waals surface area contributed by atoms with Crippen LogP contribution in [0.2, 0.25) is 10.0 Å². The molecule has 31 heavy (non-hydrogen) atoms. The van der Waals surface area contributed by atoms with Crippen molar-refractivity contribution in [2.24, 2.45) is 5.41 Å². The molecule has 1 aromatic heterocycles. The van der Waals surface area contributed by atoms with Crippen molar-refractivity contribution in [2.45, 2.75) is 53.0 Å². The van der Waals surface area contributed by atoms with E-state index in [1.165, 1.54) is 4.88 Å². The highest BCUT2D eigenvalue weighted by atomic mass is 35.5. The van der Waals surface area contributed by atoms with E-state index in [0.29, 0.717) is 23.1 Å². The van der Waals surface area contributed by atoms with Crippen molar-refractivity contribution < 1.29 is 9.59 Å². The van der Waals surface area contributed by atoms with E-state index in [-0.39, 0.29) is 24.4 Å². The molecule has 3 rings (SSSR count). The van der Waals surface area contributed by atoms with E-state index in [0.717, 1.165) is 30.4 Å². The Kier molecular flexibility index (Phi) is 7.72. The molecule has 0 spiro atoms. The lowest BCUT2D eigenvalue weighted by molar-refractivity contribution is -0.146. The second-order valence-electron chi connectivity index (χ2n) is 9.03. The highest BCUT2D eigenvalue weighted by Gasteiger charge is 2.36. The van der Waals surface area contributed by atoms with Crippen molar-refractivity contribution in [3.63, 3.8) is 0 Å². The minimum Gasteiger partial charge on any atom is -0.333 e. The lowest BCUT2D eigenvalue weighted by atomic mass is 9.92. The molecule has 0 N–H and O–H groups in total. The predicted molar refractivity (Wildman–Crippen MR) is 129 cm³/mol. The first-order valence-electron chi connectivity index (χ1n) is 10.7. The number of carbonyl (C=O) groups is 2. The Morgan fingerprint density at radius 3 is 2.58 bits per heavy atom. The molecule has 1 unspecified atom stereocenters. The van der Waals surface area contributed by atoms with Crippen molar-refractivity contribution in [3.05, 3.63) is 55.7 Å². The van der Waals surface area contributed by atoms with Gasteiger partial charge in [-0.25, -0.2) is 0 Å². The fraction of sp³-hybridized carbons (Fsp3) is 0.500. The summed E-state index contributed by atoms with van der Waals surface area (Å²) in [5, 5.41) is 3.17. The van der Waals surface area contributed by atoms with Gasteiger partial charge in [-0.1, -0.05) is 63.4 Å². The van der Waals surface area contributed by atoms with Crippen LogP contribution < -0.4 is 0 Å². The molecule has 1 atom stereocenters. The number of hydrogen-bond acceptors (Lipinski definition) is 3. The second-order valence-corrected chi connectivity index (χ2v) is 10.9. The van der Waals surface area contributed by atoms with E-state index in [9.17, 15) is 9.59 Å². The monoisotopic (exact) mass is 480 g/mol. The average Bonchev–Trinajstić information content (AvgIpc) is 3.18. The Morgan fingerprint density at radius 2 is 1.94 bits per heavy atom. The van der Waals surface area contributed by atoms with Crippen LogP contribution in [0.1, 0.15) is 62.6 Å². The average molecular weight is 481 g/mol. The van der Waals surface area contributed by atoms with E-state index in [1.807, 2.05) is 37.8 Å². The van der Waals surface area contributed by atoms with Gasteiger partial charge >= 0.3 is 0 Å². The van der Waals surface area contributed by atoms with Gasteiger partial charge in [-0.05, 0) is 47.5 Å². The number of nitrogens with zero attached hydrogens (tertiary/aromatic N) is 2. The predicted octanol–water partition coefficient (Wildman–Crippen LogP) is 6.20. The molecule has 0 bridgehead atoms. The third kappa shape index (κ3) is 5.44. The summed E-state index contributed by atoms with van der Waals surface area (Å²) in [5.41, 5.74) is 1.44. The molecular weight excluding hydrogens is 451 g/mol. The van der Waals surface area contributed by atoms with Crippen LogP contribution in [0, 0.1) is 5.41 Å². The van der Waals surface area contributed by atoms with Gasteiger partial charge in [0.1, 0.15) is 0 Å². The lowest BCUT2D eigenvalue weighted by Gasteiger charge is -2.38. The summed E-state index contributed by atoms with van der Waals surface area (Å²) in [6.45, 7) is 9.04. The first-order chi connectivity index (χ1) is 14.6. The SMILES string of the molecule is CCCCN(CC(=O)N1CCc2sccc2C1c1ccc(Cl)cc1Cl)C(=O)C(C)(C)C. The maximum atomic E-state index is 13.6. The number of benzene rings is 1. The summed E-state index contributed by atoms with van der Waals surface area (Å²) in [5.74, 6) is -0.0508. The van der Waals surface area contributed by atoms with Crippen molar-refractivity contribution in [3.8, 4) is 0 Å². The maximum absolute atomic E-state index is 13.6. The van der Waals surface area contributed by atoms with Gasteiger partial charge in [0.15, 0.2) is 0 Å². The van der Waals surface area contributed by atoms with Crippen LogP contribution in [-0.2, 0) is 16.0 Å². The Bertz CT molecular complexity index is 951. The Morgan fingerprint density at radius 1 is 1.19 bits per heavy atom. The number of rotatable bonds is 6. The highest BCUT2D eigenvalue weighted by Crippen LogP contribution is 2.41. The second kappa shape index (κ2) is 9.93. The molecule has 0 aliphatic carbocycles. The van der Waals surface area contributed by atoms with Gasteiger partial charge in [0, 0.05) is 33.4 Å². The van der Waals surface area contributed by atoms with Gasteiger partial charge in [-0.3, -0.25) is 9.59 Å². The zero-order valence-corrected chi connectivity index (χ0v) is 20.9. The molecule has 0 saturated heterocycles. The van der Waals surface area contributed by atoms with Crippen molar-refractivity contribution in [2.75, 3.05) is 19.6 Å². The highest BCUT2D eigenvalue weighted by molar-refractivity contribution is 7.10. The van der Waals surface area contributed by atoms with Gasteiger partial charge in [-0.15, -0.1) is 11.3 Å². The van der Waals surface area contributed by atoms with E-state index in [2.05, 4.69) is 18.4 Å². The summed E-state index contributed by atoms with van der Waals surface area (Å²) >= 11 is 14.4. The van der Waals surface area contributed by atoms with Gasteiger partial charge in [0.25, 0.3) is 0 Å². The molecule has 0 saturated carbocycles. The first-order valence-corrected chi connectivity index (χ1v) is 12.4. The number of amides is 2. The standard InChI is InChI=1S/C24H30Cl2N2O2S/c1-5-6-11-27(23(30)24(2,3)4)15-21(29)28-12-9-20-18(10-13-31-20)22(28)17-8-7-16(25)14-19(17)26/h7-8,10,13-14,22H,5-6,9,11-12,15H2,1-4H3. The third-order valence-electron chi connectivity index (χ3n) is 5.58. The van der Waals surface area contributed by atoms with E-state index >= 15 is 0 Å². The van der Waals surface area contributed by atoms with Crippen LogP contribution in [0.5, 0.6) is 0 Å². The summed E-state index contributed by atoms with van der Waals surface area (Å²) in [7, 11) is 0. The molecule has 1 aliphatic heterocycles. The molecular formula is C24H30Cl2N2O2S. The third-order valence-corrected chi connectivity index (χ3v) is 7.14. The smallest absolute Gasteiger partial charge is 0.242 e. The molecule has 0 radical (unpaired) electrons. The number of carbonyl (C=O) groups excluding carboxylic acids is 2. The Balaban J connectivity index is 1.93. The molecule has 1 aliphatic rings. The number of halogens is 2. The quantitative estimate of drug-likeness (QED) is 0.493. The maximum Gasteiger partial charge on any atom is 0.242 e. The lowest BCUT2D eigenvalue weighted by Crippen LogP contribution is -2.49. The van der Waals surface area contributed by atoms with Crippen molar-refractivity contribution in [1.29, 1.82) is 0 Å². The van der Waals surface area contributed by atoms with Crippen LogP contribution in [0.4, 0.5) is 0 Å². The van der Waals surface area contributed by atoms with E-state index < -0.39 is 5.41 Å². The summed E-state index contributed by atoms with van der Waals surface area (Å²) in [4.78, 5) is 31.4. The summed E-state index contributed by atoms with van der Waals surface area (Å²) in [6, 6.07) is 7.23. The Hall–Kier alpha value is -1.56. The zero-order chi connectivity index (χ0) is 22.8. The van der Waals surface area contributed by atoms with Gasteiger partial charge in [-0.2, -0.15) is 0 Å². The molecule has 168 valence electrons. The number of fused-ring (bicyclic) bond motifs is 1. The minimum atomic E-state index is -0.532. The zero-order valence-electron chi connectivity index (χ0n) is 18.6. The Labute approximate surface area is 199 Å². The largest absolute Gasteiger partial charge is 0.333 e. The molecule has 2 heterocycles. The van der Waals surface area contributed by atoms with Crippen LogP contribution in [0.25, 0.3) is 0 Å². The molecule has 0 fully saturated rings. The first kappa shape index (κ1) is 24.1. The molecule has 4 nitrogen and oxygen atoms in total. The van der Waals surface area contributed by atoms with Crippen LogP contribution in [0.15, 0.2) is 29.6 Å². The molecule has 2 aromatic rings. The molecule has 7 heteroatoms. The molecule has 2 amide bonds. The number of unbranched alkanes of at least 4 members (excludes halogenated alkanes) is 1. The minimum absolute atomic E-state index is 0.00334. The number of thiophene rings is 1. The molecule has 1 aromatic carbocycles. The summed E-state index contributed by atoms with van der Waals surface area (Å²) in [6.07, 6.45) is 2.64. The van der Waals surface area contributed by atoms with E-state index in [1.54, 1.807) is 22.3 Å². The number of hydrogen-bond donors (Lipinski definition) is 0. The fourth-order valence-electron chi connectivity index (χ4n) is 3.97. The van der Waals surface area contributed by atoms with Gasteiger partial charge < -0.3 is 9.80 Å². The topological polar surface area (TPSA) is 40.6 Å². The van der Waals surface area contributed by atoms with Crippen molar-refractivity contribution >= 4 is 46.4 Å². The van der Waals surface area contributed by atoms with Crippen LogP contribution in [0.3, 0.4) is 0 Å². The summed E-state index contributed by atoms with van der Waals surface area (Å²) < 4.78 is 0. The normalized spacial score (nSPS) is 16.2. The van der Waals surface area contributed by atoms with Crippen molar-refractivity contribution in [1.82, 2.24) is 9.80 Å². The van der Waals surface area contributed by atoms with Crippen LogP contribution >= 0.6 is 34.5 Å².